The number of nitrogens with zero attached hydrogens (tertiary/aromatic N) is 1. The van der Waals surface area contributed by atoms with Gasteiger partial charge in [-0.3, -0.25) is 4.79 Å². The van der Waals surface area contributed by atoms with Gasteiger partial charge in [0, 0.05) is 13.6 Å². The molecule has 70 valence electrons. The van der Waals surface area contributed by atoms with Crippen LogP contribution < -0.4 is 0 Å². The van der Waals surface area contributed by atoms with Crippen molar-refractivity contribution in [2.24, 2.45) is 10.8 Å². The zero-order valence-corrected chi connectivity index (χ0v) is 8.77. The third kappa shape index (κ3) is 1.13. The quantitative estimate of drug-likeness (QED) is 0.542. The van der Waals surface area contributed by atoms with Gasteiger partial charge in [-0.2, -0.15) is 0 Å². The molecule has 0 radical (unpaired) electrons. The molecule has 0 bridgehead atoms. The summed E-state index contributed by atoms with van der Waals surface area (Å²) in [7, 11) is 1.89. The zero-order valence-electron chi connectivity index (χ0n) is 8.77. The van der Waals surface area contributed by atoms with E-state index in [0.29, 0.717) is 5.91 Å². The predicted octanol–water partition coefficient (Wildman–Crippen LogP) is 1.90. The normalized spacial score (nSPS) is 31.4. The van der Waals surface area contributed by atoms with E-state index in [1.807, 2.05) is 11.9 Å². The number of hydrogen-bond acceptors (Lipinski definition) is 1. The van der Waals surface area contributed by atoms with E-state index < -0.39 is 0 Å². The molecular weight excluding hydrogens is 150 g/mol. The van der Waals surface area contributed by atoms with Crippen molar-refractivity contribution in [2.75, 3.05) is 13.6 Å². The van der Waals surface area contributed by atoms with Crippen molar-refractivity contribution in [3.05, 3.63) is 0 Å². The van der Waals surface area contributed by atoms with Crippen LogP contribution in [0.4, 0.5) is 0 Å². The number of rotatable bonds is 0. The smallest absolute Gasteiger partial charge is 0.228 e. The van der Waals surface area contributed by atoms with E-state index >= 15 is 0 Å². The van der Waals surface area contributed by atoms with Gasteiger partial charge >= 0.3 is 0 Å². The van der Waals surface area contributed by atoms with Gasteiger partial charge in [0.15, 0.2) is 0 Å². The summed E-state index contributed by atoms with van der Waals surface area (Å²) in [5.41, 5.74) is -0.0728. The van der Waals surface area contributed by atoms with E-state index in [4.69, 9.17) is 0 Å². The first-order chi connectivity index (χ1) is 5.29. The van der Waals surface area contributed by atoms with Gasteiger partial charge in [-0.15, -0.1) is 0 Å². The van der Waals surface area contributed by atoms with Gasteiger partial charge < -0.3 is 4.90 Å². The molecule has 1 saturated heterocycles. The van der Waals surface area contributed by atoms with Crippen LogP contribution in [0.2, 0.25) is 0 Å². The van der Waals surface area contributed by atoms with Gasteiger partial charge in [0.1, 0.15) is 0 Å². The average Bonchev–Trinajstić information content (AvgIpc) is 2.16. The first kappa shape index (κ1) is 9.56. The Kier molecular flexibility index (Phi) is 1.97. The number of likely N-dealkylation sites (tertiary alicyclic amines) is 1. The lowest BCUT2D eigenvalue weighted by molar-refractivity contribution is -0.139. The summed E-state index contributed by atoms with van der Waals surface area (Å²) in [6, 6.07) is 0. The van der Waals surface area contributed by atoms with E-state index in [9.17, 15) is 4.79 Å². The monoisotopic (exact) mass is 169 g/mol. The summed E-state index contributed by atoms with van der Waals surface area (Å²) in [5, 5.41) is 0. The first-order valence-corrected chi connectivity index (χ1v) is 4.54. The Hall–Kier alpha value is -0.530. The minimum absolute atomic E-state index is 0.0782. The number of carbonyl (C=O) groups excluding carboxylic acids is 1. The van der Waals surface area contributed by atoms with Gasteiger partial charge in [0.25, 0.3) is 0 Å². The van der Waals surface area contributed by atoms with Crippen LogP contribution in [0, 0.1) is 10.8 Å². The van der Waals surface area contributed by atoms with Gasteiger partial charge in [-0.25, -0.2) is 0 Å². The molecule has 1 aliphatic heterocycles. The number of amides is 1. The van der Waals surface area contributed by atoms with Crippen LogP contribution >= 0.6 is 0 Å². The topological polar surface area (TPSA) is 20.3 Å². The van der Waals surface area contributed by atoms with Gasteiger partial charge in [0.05, 0.1) is 5.41 Å². The Morgan fingerprint density at radius 1 is 1.42 bits per heavy atom. The molecule has 0 aromatic heterocycles. The lowest BCUT2D eigenvalue weighted by Crippen LogP contribution is -2.40. The second-order valence-electron chi connectivity index (χ2n) is 5.06. The molecule has 0 aromatic carbocycles. The van der Waals surface area contributed by atoms with Gasteiger partial charge in [0.2, 0.25) is 5.91 Å². The molecule has 2 nitrogen and oxygen atoms in total. The van der Waals surface area contributed by atoms with Crippen LogP contribution in [-0.4, -0.2) is 24.4 Å². The molecule has 1 rings (SSSR count). The molecule has 1 amide bonds. The summed E-state index contributed by atoms with van der Waals surface area (Å²) < 4.78 is 0. The lowest BCUT2D eigenvalue weighted by atomic mass is 9.67. The van der Waals surface area contributed by atoms with Crippen LogP contribution in [0.3, 0.4) is 0 Å². The Bertz CT molecular complexity index is 204. The van der Waals surface area contributed by atoms with Crippen molar-refractivity contribution >= 4 is 5.91 Å². The Morgan fingerprint density at radius 2 is 1.92 bits per heavy atom. The van der Waals surface area contributed by atoms with E-state index in [0.717, 1.165) is 13.0 Å². The second-order valence-corrected chi connectivity index (χ2v) is 5.06. The van der Waals surface area contributed by atoms with Crippen molar-refractivity contribution in [3.8, 4) is 0 Å². The number of hydrogen-bond donors (Lipinski definition) is 0. The van der Waals surface area contributed by atoms with E-state index in [-0.39, 0.29) is 10.8 Å². The van der Waals surface area contributed by atoms with Crippen LogP contribution in [0.5, 0.6) is 0 Å². The minimum Gasteiger partial charge on any atom is -0.345 e. The predicted molar refractivity (Wildman–Crippen MR) is 49.8 cm³/mol. The van der Waals surface area contributed by atoms with Crippen LogP contribution in [0.1, 0.15) is 34.1 Å². The summed E-state index contributed by atoms with van der Waals surface area (Å²) >= 11 is 0. The molecule has 1 aliphatic rings. The maximum atomic E-state index is 11.8. The average molecular weight is 169 g/mol. The molecule has 1 unspecified atom stereocenters. The molecule has 0 N–H and O–H groups in total. The fraction of sp³-hybridized carbons (Fsp3) is 0.900. The summed E-state index contributed by atoms with van der Waals surface area (Å²) in [6.07, 6.45) is 0.992. The molecule has 1 atom stereocenters. The zero-order chi connectivity index (χ0) is 9.57. The standard InChI is InChI=1S/C10H19NO/c1-9(2,3)10(4)6-7-11(5)8(10)12/h6-7H2,1-5H3. The minimum atomic E-state index is -0.151. The highest BCUT2D eigenvalue weighted by Crippen LogP contribution is 2.45. The van der Waals surface area contributed by atoms with Gasteiger partial charge in [-0.05, 0) is 11.8 Å². The second kappa shape index (κ2) is 2.48. The summed E-state index contributed by atoms with van der Waals surface area (Å²) in [5.74, 6) is 0.301. The van der Waals surface area contributed by atoms with E-state index in [1.54, 1.807) is 0 Å². The summed E-state index contributed by atoms with van der Waals surface area (Å²) in [6.45, 7) is 9.42. The fourth-order valence-electron chi connectivity index (χ4n) is 1.72. The van der Waals surface area contributed by atoms with Crippen molar-refractivity contribution in [1.82, 2.24) is 4.90 Å². The van der Waals surface area contributed by atoms with Crippen molar-refractivity contribution in [2.45, 2.75) is 34.1 Å². The molecule has 1 fully saturated rings. The number of carbonyl (C=O) groups is 1. The Labute approximate surface area is 74.9 Å². The van der Waals surface area contributed by atoms with Crippen molar-refractivity contribution in [1.29, 1.82) is 0 Å². The van der Waals surface area contributed by atoms with E-state index in [2.05, 4.69) is 27.7 Å². The molecule has 0 spiro atoms. The van der Waals surface area contributed by atoms with Crippen LogP contribution in [0.15, 0.2) is 0 Å². The Morgan fingerprint density at radius 3 is 2.08 bits per heavy atom. The maximum absolute atomic E-state index is 11.8. The van der Waals surface area contributed by atoms with E-state index in [1.165, 1.54) is 0 Å². The third-order valence-electron chi connectivity index (χ3n) is 3.42. The molecule has 0 aromatic rings. The van der Waals surface area contributed by atoms with Crippen molar-refractivity contribution in [3.63, 3.8) is 0 Å². The third-order valence-corrected chi connectivity index (χ3v) is 3.42. The molecule has 2 heteroatoms. The Balaban J connectivity index is 2.94. The highest BCUT2D eigenvalue weighted by Gasteiger charge is 2.49. The first-order valence-electron chi connectivity index (χ1n) is 4.54. The maximum Gasteiger partial charge on any atom is 0.228 e. The van der Waals surface area contributed by atoms with Crippen LogP contribution in [-0.2, 0) is 4.79 Å². The van der Waals surface area contributed by atoms with Crippen LogP contribution in [0.25, 0.3) is 0 Å². The molecule has 1 heterocycles. The molecule has 0 saturated carbocycles. The van der Waals surface area contributed by atoms with Crippen molar-refractivity contribution < 1.29 is 4.79 Å². The highest BCUT2D eigenvalue weighted by atomic mass is 16.2. The highest BCUT2D eigenvalue weighted by molar-refractivity contribution is 5.84. The largest absolute Gasteiger partial charge is 0.345 e. The van der Waals surface area contributed by atoms with Gasteiger partial charge in [-0.1, -0.05) is 27.7 Å². The fourth-order valence-corrected chi connectivity index (χ4v) is 1.72. The SMILES string of the molecule is CN1CCC(C)(C(C)(C)C)C1=O. The lowest BCUT2D eigenvalue weighted by Gasteiger charge is -2.36. The molecular formula is C10H19NO. The summed E-state index contributed by atoms with van der Waals surface area (Å²) in [4.78, 5) is 13.6. The molecule has 0 aliphatic carbocycles. The molecule has 12 heavy (non-hydrogen) atoms.